The van der Waals surface area contributed by atoms with Crippen LogP contribution in [0.3, 0.4) is 0 Å². The van der Waals surface area contributed by atoms with Crippen LogP contribution >= 0.6 is 11.3 Å². The van der Waals surface area contributed by atoms with Crippen molar-refractivity contribution >= 4 is 33.0 Å². The van der Waals surface area contributed by atoms with Crippen molar-refractivity contribution in [3.63, 3.8) is 0 Å². The van der Waals surface area contributed by atoms with E-state index in [-0.39, 0.29) is 11.7 Å². The number of nitrogens with zero attached hydrogens (tertiary/aromatic N) is 1. The zero-order chi connectivity index (χ0) is 19.5. The molecule has 28 heavy (non-hydrogen) atoms. The van der Waals surface area contributed by atoms with Gasteiger partial charge in [-0.1, -0.05) is 6.07 Å². The first-order chi connectivity index (χ1) is 13.6. The molecule has 0 aliphatic rings. The van der Waals surface area contributed by atoms with Gasteiger partial charge in [-0.3, -0.25) is 9.78 Å². The summed E-state index contributed by atoms with van der Waals surface area (Å²) in [5, 5.41) is 5.98. The van der Waals surface area contributed by atoms with Gasteiger partial charge in [0.2, 0.25) is 0 Å². The Morgan fingerprint density at radius 2 is 2.00 bits per heavy atom. The number of carbonyl (C=O) groups excluding carboxylic acids is 1. The smallest absolute Gasteiger partial charge is 0.255 e. The van der Waals surface area contributed by atoms with Gasteiger partial charge in [0.1, 0.15) is 18.2 Å². The Balaban J connectivity index is 1.49. The summed E-state index contributed by atoms with van der Waals surface area (Å²) in [6, 6.07) is 12.9. The predicted octanol–water partition coefficient (Wildman–Crippen LogP) is 5.58. The molecule has 4 aromatic rings. The van der Waals surface area contributed by atoms with Crippen LogP contribution in [-0.2, 0) is 6.61 Å². The Hall–Kier alpha value is -3.25. The lowest BCUT2D eigenvalue weighted by Crippen LogP contribution is -2.12. The van der Waals surface area contributed by atoms with Crippen LogP contribution in [0.2, 0.25) is 0 Å². The summed E-state index contributed by atoms with van der Waals surface area (Å²) < 4.78 is 20.2. The van der Waals surface area contributed by atoms with E-state index in [9.17, 15) is 9.18 Å². The van der Waals surface area contributed by atoms with Crippen molar-refractivity contribution in [2.75, 3.05) is 5.32 Å². The van der Waals surface area contributed by atoms with Gasteiger partial charge in [0.15, 0.2) is 0 Å². The van der Waals surface area contributed by atoms with Gasteiger partial charge in [0.05, 0.1) is 0 Å². The van der Waals surface area contributed by atoms with Gasteiger partial charge >= 0.3 is 0 Å². The first-order valence-corrected chi connectivity index (χ1v) is 9.58. The second-order valence-electron chi connectivity index (χ2n) is 6.36. The van der Waals surface area contributed by atoms with Crippen molar-refractivity contribution < 1.29 is 13.9 Å². The van der Waals surface area contributed by atoms with Crippen LogP contribution in [0.5, 0.6) is 5.75 Å². The summed E-state index contributed by atoms with van der Waals surface area (Å²) in [5.41, 5.74) is 3.05. The minimum Gasteiger partial charge on any atom is -0.489 e. The van der Waals surface area contributed by atoms with E-state index in [0.29, 0.717) is 23.6 Å². The lowest BCUT2D eigenvalue weighted by Gasteiger charge is -2.12. The highest BCUT2D eigenvalue weighted by atomic mass is 32.1. The lowest BCUT2D eigenvalue weighted by molar-refractivity contribution is 0.102. The Bertz CT molecular complexity index is 1140. The van der Waals surface area contributed by atoms with Crippen LogP contribution in [0.4, 0.5) is 10.1 Å². The van der Waals surface area contributed by atoms with E-state index in [0.717, 1.165) is 16.5 Å². The van der Waals surface area contributed by atoms with Gasteiger partial charge < -0.3 is 10.1 Å². The maximum atomic E-state index is 13.0. The molecular weight excluding hydrogens is 375 g/mol. The molecule has 2 aromatic carbocycles. The van der Waals surface area contributed by atoms with Crippen molar-refractivity contribution in [3.8, 4) is 5.75 Å². The number of aromatic nitrogens is 1. The van der Waals surface area contributed by atoms with Crippen LogP contribution < -0.4 is 10.1 Å². The second kappa shape index (κ2) is 7.78. The molecule has 0 spiro atoms. The number of pyridine rings is 1. The van der Waals surface area contributed by atoms with E-state index in [1.165, 1.54) is 29.0 Å². The molecule has 0 atom stereocenters. The van der Waals surface area contributed by atoms with E-state index in [4.69, 9.17) is 4.74 Å². The Kier molecular flexibility index (Phi) is 5.04. The second-order valence-corrected chi connectivity index (χ2v) is 7.27. The van der Waals surface area contributed by atoms with Crippen molar-refractivity contribution in [1.29, 1.82) is 0 Å². The van der Waals surface area contributed by atoms with Gasteiger partial charge in [0, 0.05) is 45.4 Å². The van der Waals surface area contributed by atoms with Crippen molar-refractivity contribution in [1.82, 2.24) is 4.98 Å². The van der Waals surface area contributed by atoms with Gasteiger partial charge in [-0.15, -0.1) is 11.3 Å². The van der Waals surface area contributed by atoms with E-state index in [2.05, 4.69) is 15.7 Å². The zero-order valence-corrected chi connectivity index (χ0v) is 15.9. The molecule has 4 rings (SSSR count). The van der Waals surface area contributed by atoms with Crippen molar-refractivity contribution in [2.24, 2.45) is 0 Å². The van der Waals surface area contributed by atoms with Crippen LogP contribution in [0, 0.1) is 12.7 Å². The average Bonchev–Trinajstić information content (AvgIpc) is 3.12. The number of amides is 1. The van der Waals surface area contributed by atoms with Crippen LogP contribution in [-0.4, -0.2) is 10.9 Å². The molecule has 4 nitrogen and oxygen atoms in total. The Labute approximate surface area is 165 Å². The molecule has 2 heterocycles. The highest BCUT2D eigenvalue weighted by Crippen LogP contribution is 2.28. The molecule has 0 fully saturated rings. The summed E-state index contributed by atoms with van der Waals surface area (Å²) >= 11 is 1.66. The van der Waals surface area contributed by atoms with Crippen LogP contribution in [0.15, 0.2) is 66.3 Å². The third kappa shape index (κ3) is 3.87. The molecule has 0 unspecified atom stereocenters. The molecule has 0 saturated heterocycles. The van der Waals surface area contributed by atoms with Crippen molar-refractivity contribution in [3.05, 3.63) is 88.8 Å². The molecule has 0 aliphatic carbocycles. The fourth-order valence-corrected chi connectivity index (χ4v) is 3.74. The van der Waals surface area contributed by atoms with Gasteiger partial charge in [-0.2, -0.15) is 0 Å². The molecule has 1 amide bonds. The van der Waals surface area contributed by atoms with E-state index < -0.39 is 0 Å². The number of rotatable bonds is 5. The fourth-order valence-electron chi connectivity index (χ4n) is 2.83. The fraction of sp³-hybridized carbons (Fsp3) is 0.0909. The molecule has 2 aromatic heterocycles. The van der Waals surface area contributed by atoms with Crippen LogP contribution in [0.1, 0.15) is 21.5 Å². The maximum Gasteiger partial charge on any atom is 0.255 e. The topological polar surface area (TPSA) is 51.2 Å². The number of ether oxygens (including phenoxy) is 1. The number of anilines is 1. The largest absolute Gasteiger partial charge is 0.489 e. The molecule has 0 aliphatic heterocycles. The van der Waals surface area contributed by atoms with E-state index >= 15 is 0 Å². The molecule has 6 heteroatoms. The number of hydrogen-bond acceptors (Lipinski definition) is 4. The summed E-state index contributed by atoms with van der Waals surface area (Å²) in [6.45, 7) is 2.37. The first kappa shape index (κ1) is 18.1. The molecular formula is C22H17FN2O2S. The predicted molar refractivity (Wildman–Crippen MR) is 109 cm³/mol. The van der Waals surface area contributed by atoms with Gasteiger partial charge in [-0.05, 0) is 54.3 Å². The number of hydrogen-bond donors (Lipinski definition) is 1. The number of thiophene rings is 1. The van der Waals surface area contributed by atoms with Crippen LogP contribution in [0.25, 0.3) is 10.1 Å². The summed E-state index contributed by atoms with van der Waals surface area (Å²) in [4.78, 5) is 16.5. The van der Waals surface area contributed by atoms with Crippen molar-refractivity contribution in [2.45, 2.75) is 13.5 Å². The van der Waals surface area contributed by atoms with E-state index in [1.807, 2.05) is 31.3 Å². The number of nitrogens with one attached hydrogen (secondary N) is 1. The Morgan fingerprint density at radius 1 is 1.18 bits per heavy atom. The minimum atomic E-state index is -0.376. The number of benzene rings is 2. The third-order valence-electron chi connectivity index (χ3n) is 4.39. The van der Waals surface area contributed by atoms with E-state index in [1.54, 1.807) is 23.6 Å². The molecule has 0 bridgehead atoms. The monoisotopic (exact) mass is 392 g/mol. The lowest BCUT2D eigenvalue weighted by atomic mass is 10.1. The number of fused-ring (bicyclic) bond motifs is 1. The number of aryl methyl sites for hydroxylation is 1. The summed E-state index contributed by atoms with van der Waals surface area (Å²) in [6.07, 6.45) is 3.62. The van der Waals surface area contributed by atoms with Gasteiger partial charge in [-0.25, -0.2) is 4.39 Å². The number of carbonyl (C=O) groups is 1. The quantitative estimate of drug-likeness (QED) is 0.483. The SMILES string of the molecule is Cc1ccc(NC(=O)c2ccc(F)cc2)cc1OCc1csc2ccncc12. The average molecular weight is 392 g/mol. The molecule has 0 saturated carbocycles. The normalized spacial score (nSPS) is 10.8. The number of halogens is 1. The Morgan fingerprint density at radius 3 is 2.82 bits per heavy atom. The third-order valence-corrected chi connectivity index (χ3v) is 5.40. The zero-order valence-electron chi connectivity index (χ0n) is 15.1. The summed E-state index contributed by atoms with van der Waals surface area (Å²) in [7, 11) is 0. The van der Waals surface area contributed by atoms with Gasteiger partial charge in [0.25, 0.3) is 5.91 Å². The minimum absolute atomic E-state index is 0.301. The highest BCUT2D eigenvalue weighted by molar-refractivity contribution is 7.17. The first-order valence-electron chi connectivity index (χ1n) is 8.70. The molecule has 0 radical (unpaired) electrons. The highest BCUT2D eigenvalue weighted by Gasteiger charge is 2.10. The molecule has 1 N–H and O–H groups in total. The standard InChI is InChI=1S/C22H17FN2O2S/c1-14-2-7-18(25-22(26)15-3-5-17(23)6-4-15)10-20(14)27-12-16-13-28-21-8-9-24-11-19(16)21/h2-11,13H,12H2,1H3,(H,25,26). The maximum absolute atomic E-state index is 13.0. The molecule has 140 valence electrons. The summed E-state index contributed by atoms with van der Waals surface area (Å²) in [5.74, 6) is 0.0172.